The Balaban J connectivity index is 0.000000241. The molecule has 54 heavy (non-hydrogen) atoms. The number of aliphatic hydroxyl groups is 2. The molecule has 0 aromatic heterocycles. The van der Waals surface area contributed by atoms with Crippen LogP contribution in [0.15, 0.2) is 69.6 Å². The maximum absolute atomic E-state index is 14.0. The van der Waals surface area contributed by atoms with Crippen LogP contribution in [0.4, 0.5) is 31.5 Å². The highest BCUT2D eigenvalue weighted by Gasteiger charge is 2.39. The van der Waals surface area contributed by atoms with Crippen LogP contribution in [0.3, 0.4) is 0 Å². The summed E-state index contributed by atoms with van der Waals surface area (Å²) in [5.41, 5.74) is 4.99. The first kappa shape index (κ1) is 44.8. The van der Waals surface area contributed by atoms with E-state index in [9.17, 15) is 28.6 Å². The van der Waals surface area contributed by atoms with E-state index in [1.54, 1.807) is 38.1 Å². The lowest BCUT2D eigenvalue weighted by molar-refractivity contribution is -0.00569. The molecule has 6 N–H and O–H groups in total. The van der Waals surface area contributed by atoms with Crippen LogP contribution in [0.1, 0.15) is 60.2 Å². The summed E-state index contributed by atoms with van der Waals surface area (Å²) < 4.78 is 30.2. The third kappa shape index (κ3) is 13.9. The Morgan fingerprint density at radius 2 is 1.20 bits per heavy atom. The summed E-state index contributed by atoms with van der Waals surface area (Å²) >= 11 is 22.9. The summed E-state index contributed by atoms with van der Waals surface area (Å²) in [6.45, 7) is 3.60. The minimum atomic E-state index is -0.905. The summed E-state index contributed by atoms with van der Waals surface area (Å²) in [5.74, 6) is -2.15. The van der Waals surface area contributed by atoms with E-state index in [1.165, 1.54) is 24.3 Å². The van der Waals surface area contributed by atoms with Crippen LogP contribution >= 0.6 is 100 Å². The van der Waals surface area contributed by atoms with Gasteiger partial charge in [-0.1, -0.05) is 23.2 Å². The second kappa shape index (κ2) is 20.0. The van der Waals surface area contributed by atoms with Crippen molar-refractivity contribution in [2.75, 3.05) is 23.8 Å². The second-order valence-electron chi connectivity index (χ2n) is 12.7. The van der Waals surface area contributed by atoms with Gasteiger partial charge in [0.1, 0.15) is 11.6 Å². The Hall–Kier alpha value is -1.88. The largest absolute Gasteiger partial charge is 0.390 e. The van der Waals surface area contributed by atoms with Gasteiger partial charge in [0.25, 0.3) is 11.8 Å². The molecule has 0 atom stereocenters. The molecule has 0 radical (unpaired) electrons. The van der Waals surface area contributed by atoms with Crippen LogP contribution in [0.2, 0.25) is 10.0 Å². The highest BCUT2D eigenvalue weighted by atomic mass is 127. The zero-order chi connectivity index (χ0) is 39.8. The minimum Gasteiger partial charge on any atom is -0.390 e. The molecule has 1 aliphatic carbocycles. The van der Waals surface area contributed by atoms with Gasteiger partial charge in [-0.05, 0) is 164 Å². The topological polar surface area (TPSA) is 141 Å². The maximum Gasteiger partial charge on any atom is 0.276 e. The average Bonchev–Trinajstić information content (AvgIpc) is 3.83. The van der Waals surface area contributed by atoms with Gasteiger partial charge >= 0.3 is 0 Å². The van der Waals surface area contributed by atoms with Crippen LogP contribution in [0.25, 0.3) is 0 Å². The normalized spacial score (nSPS) is 13.0. The molecule has 0 saturated heterocycles. The third-order valence-electron chi connectivity index (χ3n) is 7.65. The minimum absolute atomic E-state index is 0.128. The molecule has 0 aliphatic heterocycles. The van der Waals surface area contributed by atoms with Gasteiger partial charge in [0.2, 0.25) is 0 Å². The van der Waals surface area contributed by atoms with Gasteiger partial charge in [-0.25, -0.2) is 19.7 Å². The van der Waals surface area contributed by atoms with Gasteiger partial charge in [0.15, 0.2) is 0 Å². The molecule has 290 valence electrons. The molecule has 1 aliphatic rings. The first-order valence-corrected chi connectivity index (χ1v) is 20.6. The van der Waals surface area contributed by atoms with Crippen molar-refractivity contribution < 1.29 is 38.3 Å². The quantitative estimate of drug-likeness (QED) is 0.0417. The van der Waals surface area contributed by atoms with Gasteiger partial charge in [0, 0.05) is 20.0 Å². The van der Waals surface area contributed by atoms with Crippen molar-refractivity contribution in [3.63, 3.8) is 0 Å². The van der Waals surface area contributed by atoms with Crippen LogP contribution in [-0.2, 0) is 9.68 Å². The van der Waals surface area contributed by atoms with E-state index in [0.29, 0.717) is 34.3 Å². The molecular weight excluding hydrogens is 1110 g/mol. The van der Waals surface area contributed by atoms with Crippen LogP contribution < -0.4 is 21.6 Å². The number of anilines is 4. The Labute approximate surface area is 364 Å². The molecule has 0 unspecified atom stereocenters. The van der Waals surface area contributed by atoms with Crippen molar-refractivity contribution in [1.82, 2.24) is 11.0 Å². The lowest BCUT2D eigenvalue weighted by atomic mass is 10.1. The highest BCUT2D eigenvalue weighted by Crippen LogP contribution is 2.38. The van der Waals surface area contributed by atoms with Crippen molar-refractivity contribution in [2.45, 2.75) is 50.7 Å². The molecular formula is C36H34Br2Cl2F2I2N4O6. The van der Waals surface area contributed by atoms with Gasteiger partial charge in [-0.15, -0.1) is 0 Å². The lowest BCUT2D eigenvalue weighted by Crippen LogP contribution is -2.28. The SMILES string of the molecule is CC(C)(O)CCONC(=O)c1cc(Br)c(F)cc1Nc1ccc(I)cc1Cl.O=C(NOCCC1(O)CC1)c1cc(Br)c(F)cc1Nc1ccc(I)cc1Cl. The molecule has 18 heteroatoms. The monoisotopic (exact) mass is 1140 g/mol. The average molecular weight is 1140 g/mol. The number of carbonyl (C=O) groups is 2. The van der Waals surface area contributed by atoms with E-state index in [1.807, 2.05) is 12.1 Å². The molecule has 0 spiro atoms. The third-order valence-corrected chi connectivity index (χ3v) is 10.8. The zero-order valence-corrected chi connectivity index (χ0v) is 37.6. The van der Waals surface area contributed by atoms with Crippen molar-refractivity contribution in [1.29, 1.82) is 0 Å². The number of benzene rings is 4. The van der Waals surface area contributed by atoms with Crippen molar-refractivity contribution in [3.05, 3.63) is 110 Å². The molecule has 1 fully saturated rings. The fraction of sp³-hybridized carbons (Fsp3) is 0.278. The number of hydrogen-bond donors (Lipinski definition) is 6. The van der Waals surface area contributed by atoms with Crippen molar-refractivity contribution in [3.8, 4) is 0 Å². The smallest absolute Gasteiger partial charge is 0.276 e. The van der Waals surface area contributed by atoms with E-state index in [-0.39, 0.29) is 44.7 Å². The first-order chi connectivity index (χ1) is 25.3. The Kier molecular flexibility index (Phi) is 16.6. The molecule has 2 amide bonds. The highest BCUT2D eigenvalue weighted by molar-refractivity contribution is 14.1. The Bertz CT molecular complexity index is 1880. The number of hydroxylamine groups is 2. The molecule has 0 heterocycles. The van der Waals surface area contributed by atoms with E-state index in [0.717, 1.165) is 20.0 Å². The fourth-order valence-electron chi connectivity index (χ4n) is 4.43. The van der Waals surface area contributed by atoms with Gasteiger partial charge < -0.3 is 20.8 Å². The summed E-state index contributed by atoms with van der Waals surface area (Å²) in [7, 11) is 0. The second-order valence-corrected chi connectivity index (χ2v) is 17.7. The van der Waals surface area contributed by atoms with E-state index < -0.39 is 34.7 Å². The Morgan fingerprint density at radius 3 is 1.59 bits per heavy atom. The molecule has 0 bridgehead atoms. The van der Waals surface area contributed by atoms with E-state index >= 15 is 0 Å². The molecule has 4 aromatic rings. The Morgan fingerprint density at radius 1 is 0.778 bits per heavy atom. The van der Waals surface area contributed by atoms with Gasteiger partial charge in [-0.2, -0.15) is 0 Å². The van der Waals surface area contributed by atoms with Crippen molar-refractivity contribution in [2.24, 2.45) is 0 Å². The standard InChI is InChI=1S/C18H16BrClFIN2O3.C18H18BrClFIN2O3/c19-12-8-11(17(25)24-27-6-5-18(26)3-4-18)16(9-14(12)21)23-15-2-1-10(22)7-13(15)20;1-18(2,26)5-6-27-24-17(25)11-8-12(19)14(21)9-16(11)23-15-4-3-10(22)7-13(15)20/h1-2,7-9,23,26H,3-6H2,(H,24,25);3-4,7-9,23,26H,5-6H2,1-2H3,(H,24,25). The number of hydrogen-bond acceptors (Lipinski definition) is 8. The molecule has 4 aromatic carbocycles. The first-order valence-electron chi connectivity index (χ1n) is 16.1. The van der Waals surface area contributed by atoms with Crippen LogP contribution in [0, 0.1) is 18.8 Å². The molecule has 5 rings (SSSR count). The summed E-state index contributed by atoms with van der Waals surface area (Å²) in [4.78, 5) is 35.2. The van der Waals surface area contributed by atoms with Crippen LogP contribution in [0.5, 0.6) is 0 Å². The maximum atomic E-state index is 14.0. The predicted octanol–water partition coefficient (Wildman–Crippen LogP) is 10.6. The number of halogens is 8. The number of rotatable bonds is 14. The van der Waals surface area contributed by atoms with Crippen LogP contribution in [-0.4, -0.2) is 46.4 Å². The van der Waals surface area contributed by atoms with E-state index in [4.69, 9.17) is 32.9 Å². The van der Waals surface area contributed by atoms with Gasteiger partial charge in [-0.3, -0.25) is 19.3 Å². The summed E-state index contributed by atoms with van der Waals surface area (Å²) in [6.07, 6.45) is 2.29. The summed E-state index contributed by atoms with van der Waals surface area (Å²) in [6, 6.07) is 15.8. The molecule has 1 saturated carbocycles. The predicted molar refractivity (Wildman–Crippen MR) is 230 cm³/mol. The number of amides is 2. The number of carbonyl (C=O) groups excluding carboxylic acids is 2. The van der Waals surface area contributed by atoms with E-state index in [2.05, 4.69) is 98.6 Å². The zero-order valence-electron chi connectivity index (χ0n) is 28.6. The number of nitrogens with one attached hydrogen (secondary N) is 4. The van der Waals surface area contributed by atoms with Crippen molar-refractivity contribution >= 4 is 135 Å². The van der Waals surface area contributed by atoms with Gasteiger partial charge in [0.05, 0.1) is 77.3 Å². The summed E-state index contributed by atoms with van der Waals surface area (Å²) in [5, 5.41) is 26.3. The molecule has 10 nitrogen and oxygen atoms in total. The lowest BCUT2D eigenvalue weighted by Gasteiger charge is -2.17. The fourth-order valence-corrected chi connectivity index (χ4v) is 6.92.